The van der Waals surface area contributed by atoms with Crippen molar-refractivity contribution in [3.8, 4) is 11.4 Å². The van der Waals surface area contributed by atoms with E-state index in [1.807, 2.05) is 29.8 Å². The molecule has 1 saturated heterocycles. The molecule has 2 N–H and O–H groups in total. The molecule has 19 heavy (non-hydrogen) atoms. The van der Waals surface area contributed by atoms with E-state index in [0.29, 0.717) is 5.69 Å². The number of ether oxygens (including phenoxy) is 1. The van der Waals surface area contributed by atoms with Gasteiger partial charge < -0.3 is 10.5 Å². The smallest absolute Gasteiger partial charge is 0.184 e. The molecule has 100 valence electrons. The number of nitrogen functional groups attached to an aromatic ring is 1. The third-order valence-electron chi connectivity index (χ3n) is 3.56. The quantitative estimate of drug-likeness (QED) is 0.828. The molecule has 3 rings (SSSR count). The summed E-state index contributed by atoms with van der Waals surface area (Å²) >= 11 is 0. The molecule has 0 unspecified atom stereocenters. The Morgan fingerprint density at radius 2 is 2.11 bits per heavy atom. The van der Waals surface area contributed by atoms with Crippen LogP contribution in [0.4, 0.5) is 5.69 Å². The Hall–Kier alpha value is -1.95. The zero-order valence-corrected chi connectivity index (χ0v) is 10.9. The lowest BCUT2D eigenvalue weighted by atomic mass is 10.0. The van der Waals surface area contributed by atoms with Crippen molar-refractivity contribution < 1.29 is 4.74 Å². The fourth-order valence-corrected chi connectivity index (χ4v) is 2.53. The van der Waals surface area contributed by atoms with E-state index in [-0.39, 0.29) is 6.04 Å². The van der Waals surface area contributed by atoms with E-state index in [0.717, 1.165) is 43.0 Å². The van der Waals surface area contributed by atoms with Gasteiger partial charge in [0.2, 0.25) is 0 Å². The van der Waals surface area contributed by atoms with Crippen LogP contribution in [0.3, 0.4) is 0 Å². The van der Waals surface area contributed by atoms with Crippen molar-refractivity contribution in [1.82, 2.24) is 20.2 Å². The molecule has 1 aliphatic heterocycles. The van der Waals surface area contributed by atoms with Gasteiger partial charge >= 0.3 is 0 Å². The van der Waals surface area contributed by atoms with E-state index < -0.39 is 0 Å². The number of hydrogen-bond donors (Lipinski definition) is 1. The fraction of sp³-hybridized carbons (Fsp3) is 0.462. The summed E-state index contributed by atoms with van der Waals surface area (Å²) in [5.41, 5.74) is 8.80. The molecule has 6 nitrogen and oxygen atoms in total. The van der Waals surface area contributed by atoms with Gasteiger partial charge in [0.05, 0.1) is 6.04 Å². The minimum Gasteiger partial charge on any atom is -0.398 e. The van der Waals surface area contributed by atoms with Crippen LogP contribution in [-0.2, 0) is 4.74 Å². The van der Waals surface area contributed by atoms with Crippen LogP contribution in [0.1, 0.15) is 24.4 Å². The normalized spacial score (nSPS) is 16.7. The summed E-state index contributed by atoms with van der Waals surface area (Å²) in [4.78, 5) is 0. The molecule has 0 amide bonds. The molecular formula is C13H17N5O. The predicted octanol–water partition coefficient (Wildman–Crippen LogP) is 1.58. The Morgan fingerprint density at radius 3 is 2.84 bits per heavy atom. The average molecular weight is 259 g/mol. The molecule has 2 heterocycles. The zero-order chi connectivity index (χ0) is 13.2. The van der Waals surface area contributed by atoms with Crippen molar-refractivity contribution >= 4 is 5.69 Å². The number of aromatic nitrogens is 4. The van der Waals surface area contributed by atoms with E-state index in [1.165, 1.54) is 0 Å². The molecule has 0 radical (unpaired) electrons. The van der Waals surface area contributed by atoms with Crippen molar-refractivity contribution in [3.63, 3.8) is 0 Å². The molecule has 2 aromatic rings. The van der Waals surface area contributed by atoms with Crippen LogP contribution in [0.5, 0.6) is 0 Å². The molecule has 0 bridgehead atoms. The number of nitrogens with zero attached hydrogens (tertiary/aromatic N) is 4. The minimum atomic E-state index is 0.290. The van der Waals surface area contributed by atoms with Gasteiger partial charge in [0, 0.05) is 24.5 Å². The maximum absolute atomic E-state index is 6.08. The van der Waals surface area contributed by atoms with Gasteiger partial charge in [0.1, 0.15) is 0 Å². The van der Waals surface area contributed by atoms with Crippen LogP contribution < -0.4 is 5.73 Å². The van der Waals surface area contributed by atoms with Crippen molar-refractivity contribution in [2.45, 2.75) is 25.8 Å². The van der Waals surface area contributed by atoms with Crippen molar-refractivity contribution in [2.24, 2.45) is 0 Å². The Balaban J connectivity index is 2.04. The van der Waals surface area contributed by atoms with Crippen LogP contribution in [0.15, 0.2) is 18.2 Å². The molecule has 0 aliphatic carbocycles. The Labute approximate surface area is 111 Å². The molecule has 6 heteroatoms. The van der Waals surface area contributed by atoms with E-state index in [1.54, 1.807) is 0 Å². The molecule has 0 spiro atoms. The summed E-state index contributed by atoms with van der Waals surface area (Å²) < 4.78 is 7.27. The number of tetrazole rings is 1. The summed E-state index contributed by atoms with van der Waals surface area (Å²) in [6.07, 6.45) is 1.87. The maximum atomic E-state index is 6.08. The molecular weight excluding hydrogens is 242 g/mol. The lowest BCUT2D eigenvalue weighted by Gasteiger charge is -2.23. The minimum absolute atomic E-state index is 0.290. The number of anilines is 1. The molecule has 1 aromatic carbocycles. The van der Waals surface area contributed by atoms with E-state index in [9.17, 15) is 0 Å². The first-order valence-electron chi connectivity index (χ1n) is 6.48. The largest absolute Gasteiger partial charge is 0.398 e. The highest BCUT2D eigenvalue weighted by Gasteiger charge is 2.22. The fourth-order valence-electron chi connectivity index (χ4n) is 2.53. The van der Waals surface area contributed by atoms with Crippen LogP contribution >= 0.6 is 0 Å². The average Bonchev–Trinajstić information content (AvgIpc) is 2.89. The zero-order valence-electron chi connectivity index (χ0n) is 10.9. The summed E-state index contributed by atoms with van der Waals surface area (Å²) in [5.74, 6) is 0.752. The van der Waals surface area contributed by atoms with Gasteiger partial charge in [-0.25, -0.2) is 4.68 Å². The summed E-state index contributed by atoms with van der Waals surface area (Å²) in [6, 6.07) is 6.13. The van der Waals surface area contributed by atoms with Crippen LogP contribution in [0, 0.1) is 6.92 Å². The van der Waals surface area contributed by atoms with Gasteiger partial charge in [0.25, 0.3) is 0 Å². The van der Waals surface area contributed by atoms with Gasteiger partial charge in [-0.05, 0) is 41.8 Å². The standard InChI is InChI=1S/C13H17N5O/c1-9-3-2-4-11(14)12(9)13-15-16-17-18(13)10-5-7-19-8-6-10/h2-4,10H,5-8,14H2,1H3. The first kappa shape index (κ1) is 12.1. The monoisotopic (exact) mass is 259 g/mol. The maximum Gasteiger partial charge on any atom is 0.184 e. The van der Waals surface area contributed by atoms with E-state index >= 15 is 0 Å². The first-order chi connectivity index (χ1) is 9.27. The summed E-state index contributed by atoms with van der Waals surface area (Å²) in [7, 11) is 0. The highest BCUT2D eigenvalue weighted by atomic mass is 16.5. The van der Waals surface area contributed by atoms with Crippen LogP contribution in [-0.4, -0.2) is 33.4 Å². The van der Waals surface area contributed by atoms with E-state index in [2.05, 4.69) is 15.5 Å². The SMILES string of the molecule is Cc1cccc(N)c1-c1nnnn1C1CCOCC1. The molecule has 1 aliphatic rings. The molecule has 1 fully saturated rings. The van der Waals surface area contributed by atoms with Gasteiger partial charge in [0.15, 0.2) is 5.82 Å². The highest BCUT2D eigenvalue weighted by Crippen LogP contribution is 2.30. The summed E-state index contributed by atoms with van der Waals surface area (Å²) in [6.45, 7) is 3.54. The Bertz CT molecular complexity index is 554. The number of rotatable bonds is 2. The number of aryl methyl sites for hydroxylation is 1. The number of benzene rings is 1. The molecule has 0 atom stereocenters. The number of hydrogen-bond acceptors (Lipinski definition) is 5. The van der Waals surface area contributed by atoms with Gasteiger partial charge in [-0.15, -0.1) is 5.10 Å². The Morgan fingerprint density at radius 1 is 1.32 bits per heavy atom. The molecule has 0 saturated carbocycles. The van der Waals surface area contributed by atoms with Crippen molar-refractivity contribution in [1.29, 1.82) is 0 Å². The predicted molar refractivity (Wildman–Crippen MR) is 71.5 cm³/mol. The third-order valence-corrected chi connectivity index (χ3v) is 3.56. The van der Waals surface area contributed by atoms with Crippen molar-refractivity contribution in [2.75, 3.05) is 18.9 Å². The lowest BCUT2D eigenvalue weighted by molar-refractivity contribution is 0.0662. The van der Waals surface area contributed by atoms with Crippen LogP contribution in [0.25, 0.3) is 11.4 Å². The van der Waals surface area contributed by atoms with Gasteiger partial charge in [-0.2, -0.15) is 0 Å². The van der Waals surface area contributed by atoms with E-state index in [4.69, 9.17) is 10.5 Å². The Kier molecular flexibility index (Phi) is 3.16. The highest BCUT2D eigenvalue weighted by molar-refractivity contribution is 5.74. The third kappa shape index (κ3) is 2.19. The topological polar surface area (TPSA) is 78.9 Å². The van der Waals surface area contributed by atoms with Crippen molar-refractivity contribution in [3.05, 3.63) is 23.8 Å². The summed E-state index contributed by atoms with van der Waals surface area (Å²) in [5, 5.41) is 12.1. The second-order valence-corrected chi connectivity index (χ2v) is 4.83. The van der Waals surface area contributed by atoms with Gasteiger partial charge in [-0.3, -0.25) is 0 Å². The van der Waals surface area contributed by atoms with Gasteiger partial charge in [-0.1, -0.05) is 12.1 Å². The molecule has 1 aromatic heterocycles. The second-order valence-electron chi connectivity index (χ2n) is 4.83. The number of nitrogens with two attached hydrogens (primary N) is 1. The first-order valence-corrected chi connectivity index (χ1v) is 6.48. The second kappa shape index (κ2) is 4.97. The lowest BCUT2D eigenvalue weighted by Crippen LogP contribution is -2.21. The van der Waals surface area contributed by atoms with Crippen LogP contribution in [0.2, 0.25) is 0 Å².